The third kappa shape index (κ3) is 4.47. The molecule has 10 heteroatoms. The molecule has 3 aromatic rings. The first-order chi connectivity index (χ1) is 14.2. The zero-order valence-corrected chi connectivity index (χ0v) is 15.5. The van der Waals surface area contributed by atoms with Crippen molar-refractivity contribution in [2.75, 3.05) is 23.7 Å². The Balaban J connectivity index is 1.25. The van der Waals surface area contributed by atoms with Crippen molar-refractivity contribution in [3.05, 3.63) is 48.2 Å². The van der Waals surface area contributed by atoms with E-state index in [4.69, 9.17) is 5.26 Å². The number of carbonyl (C=O) groups is 1. The lowest BCUT2D eigenvalue weighted by atomic mass is 10.2. The Morgan fingerprint density at radius 2 is 2.03 bits per heavy atom. The van der Waals surface area contributed by atoms with Gasteiger partial charge in [0.05, 0.1) is 11.6 Å². The van der Waals surface area contributed by atoms with E-state index < -0.39 is 0 Å². The number of urea groups is 1. The Hall–Kier alpha value is -4.00. The summed E-state index contributed by atoms with van der Waals surface area (Å²) < 4.78 is 1.85. The predicted octanol–water partition coefficient (Wildman–Crippen LogP) is 2.18. The largest absolute Gasteiger partial charge is 0.367 e. The molecular formula is C19H19N9O. The molecule has 0 bridgehead atoms. The molecule has 0 atom stereocenters. The van der Waals surface area contributed by atoms with E-state index in [2.05, 4.69) is 42.5 Å². The highest BCUT2D eigenvalue weighted by molar-refractivity contribution is 5.89. The van der Waals surface area contributed by atoms with Crippen LogP contribution in [0.3, 0.4) is 0 Å². The summed E-state index contributed by atoms with van der Waals surface area (Å²) in [6, 6.07) is 12.9. The van der Waals surface area contributed by atoms with Gasteiger partial charge in [0.15, 0.2) is 5.82 Å². The standard InChI is InChI=1S/C19H19N9O/c20-12-14-2-1-9-21-17(14)22-10-11-23-19(29)24-15-5-3-13(4-6-15)18-25-26-27-28(18)16-7-8-16/h1-6,9,16H,7-8,10-11H2,(H,21,22)(H2,23,24,29). The molecule has 3 N–H and O–H groups in total. The molecule has 1 saturated carbocycles. The average molecular weight is 389 g/mol. The predicted molar refractivity (Wildman–Crippen MR) is 106 cm³/mol. The summed E-state index contributed by atoms with van der Waals surface area (Å²) in [5.41, 5.74) is 2.03. The van der Waals surface area contributed by atoms with Crippen LogP contribution >= 0.6 is 0 Å². The number of tetrazole rings is 1. The van der Waals surface area contributed by atoms with E-state index in [0.29, 0.717) is 36.2 Å². The van der Waals surface area contributed by atoms with Gasteiger partial charge >= 0.3 is 6.03 Å². The van der Waals surface area contributed by atoms with Gasteiger partial charge in [-0.05, 0) is 59.7 Å². The first-order valence-corrected chi connectivity index (χ1v) is 9.27. The first-order valence-electron chi connectivity index (χ1n) is 9.27. The van der Waals surface area contributed by atoms with E-state index in [0.717, 1.165) is 24.2 Å². The second-order valence-corrected chi connectivity index (χ2v) is 6.57. The lowest BCUT2D eigenvalue weighted by Crippen LogP contribution is -2.32. The normalized spacial score (nSPS) is 12.8. The summed E-state index contributed by atoms with van der Waals surface area (Å²) in [4.78, 5) is 16.2. The highest BCUT2D eigenvalue weighted by Crippen LogP contribution is 2.36. The van der Waals surface area contributed by atoms with Crippen molar-refractivity contribution in [1.29, 1.82) is 5.26 Å². The van der Waals surface area contributed by atoms with Crippen molar-refractivity contribution in [2.24, 2.45) is 0 Å². The zero-order chi connectivity index (χ0) is 20.1. The van der Waals surface area contributed by atoms with E-state index in [-0.39, 0.29) is 6.03 Å². The molecule has 2 amide bonds. The topological polar surface area (TPSA) is 133 Å². The molecule has 1 fully saturated rings. The maximum atomic E-state index is 12.1. The summed E-state index contributed by atoms with van der Waals surface area (Å²) >= 11 is 0. The van der Waals surface area contributed by atoms with Crippen LogP contribution in [-0.2, 0) is 0 Å². The minimum Gasteiger partial charge on any atom is -0.367 e. The molecule has 1 aromatic carbocycles. The van der Waals surface area contributed by atoms with Gasteiger partial charge in [0.1, 0.15) is 11.9 Å². The Morgan fingerprint density at radius 1 is 1.21 bits per heavy atom. The summed E-state index contributed by atoms with van der Waals surface area (Å²) in [6.07, 6.45) is 3.81. The minimum atomic E-state index is -0.316. The first kappa shape index (κ1) is 18.4. The quantitative estimate of drug-likeness (QED) is 0.527. The second-order valence-electron chi connectivity index (χ2n) is 6.57. The van der Waals surface area contributed by atoms with Gasteiger partial charge in [0.25, 0.3) is 0 Å². The minimum absolute atomic E-state index is 0.316. The molecule has 1 aliphatic rings. The third-order valence-electron chi connectivity index (χ3n) is 4.42. The van der Waals surface area contributed by atoms with E-state index in [1.54, 1.807) is 18.3 Å². The van der Waals surface area contributed by atoms with E-state index >= 15 is 0 Å². The Kier molecular flexibility index (Phi) is 5.29. The molecule has 1 aliphatic carbocycles. The van der Waals surface area contributed by atoms with Crippen LogP contribution in [0.1, 0.15) is 24.4 Å². The van der Waals surface area contributed by atoms with E-state index in [1.807, 2.05) is 28.9 Å². The van der Waals surface area contributed by atoms with Gasteiger partial charge in [-0.3, -0.25) is 0 Å². The van der Waals surface area contributed by atoms with Crippen molar-refractivity contribution < 1.29 is 4.79 Å². The van der Waals surface area contributed by atoms with Crippen LogP contribution in [0.2, 0.25) is 0 Å². The number of pyridine rings is 1. The van der Waals surface area contributed by atoms with E-state index in [1.165, 1.54) is 0 Å². The number of hydrogen-bond donors (Lipinski definition) is 3. The van der Waals surface area contributed by atoms with E-state index in [9.17, 15) is 4.79 Å². The smallest absolute Gasteiger partial charge is 0.319 e. The van der Waals surface area contributed by atoms with Gasteiger partial charge in [0, 0.05) is 30.5 Å². The maximum absolute atomic E-state index is 12.1. The number of nitrogens with zero attached hydrogens (tertiary/aromatic N) is 6. The lowest BCUT2D eigenvalue weighted by Gasteiger charge is -2.10. The second kappa shape index (κ2) is 8.35. The van der Waals surface area contributed by atoms with Crippen LogP contribution < -0.4 is 16.0 Å². The summed E-state index contributed by atoms with van der Waals surface area (Å²) in [6.45, 7) is 0.823. The summed E-state index contributed by atoms with van der Waals surface area (Å²) in [7, 11) is 0. The number of aromatic nitrogens is 5. The van der Waals surface area contributed by atoms with Gasteiger partial charge in [-0.15, -0.1) is 5.10 Å². The molecule has 4 rings (SSSR count). The van der Waals surface area contributed by atoms with Gasteiger partial charge in [-0.25, -0.2) is 14.5 Å². The Labute approximate surface area is 167 Å². The highest BCUT2D eigenvalue weighted by atomic mass is 16.2. The SMILES string of the molecule is N#Cc1cccnc1NCCNC(=O)Nc1ccc(-c2nnnn2C2CC2)cc1. The van der Waals surface area contributed by atoms with Crippen molar-refractivity contribution in [2.45, 2.75) is 18.9 Å². The molecule has 2 heterocycles. The number of anilines is 2. The summed E-state index contributed by atoms with van der Waals surface area (Å²) in [5, 5.41) is 29.5. The molecule has 0 aliphatic heterocycles. The monoisotopic (exact) mass is 389 g/mol. The molecular weight excluding hydrogens is 370 g/mol. The number of amides is 2. The molecule has 0 spiro atoms. The van der Waals surface area contributed by atoms with Crippen LogP contribution in [0.5, 0.6) is 0 Å². The molecule has 10 nitrogen and oxygen atoms in total. The number of carbonyl (C=O) groups excluding carboxylic acids is 1. The number of nitrogens with one attached hydrogen (secondary N) is 3. The molecule has 0 radical (unpaired) electrons. The zero-order valence-electron chi connectivity index (χ0n) is 15.5. The number of hydrogen-bond acceptors (Lipinski definition) is 7. The fourth-order valence-corrected chi connectivity index (χ4v) is 2.82. The van der Waals surface area contributed by atoms with Gasteiger partial charge in [-0.1, -0.05) is 0 Å². The summed E-state index contributed by atoms with van der Waals surface area (Å²) in [5.74, 6) is 1.24. The lowest BCUT2D eigenvalue weighted by molar-refractivity contribution is 0.252. The number of benzene rings is 1. The molecule has 0 unspecified atom stereocenters. The fraction of sp³-hybridized carbons (Fsp3) is 0.263. The highest BCUT2D eigenvalue weighted by Gasteiger charge is 2.28. The molecule has 146 valence electrons. The molecule has 29 heavy (non-hydrogen) atoms. The van der Waals surface area contributed by atoms with Gasteiger partial charge in [-0.2, -0.15) is 5.26 Å². The van der Waals surface area contributed by atoms with Crippen molar-refractivity contribution in [3.63, 3.8) is 0 Å². The maximum Gasteiger partial charge on any atom is 0.319 e. The Morgan fingerprint density at radius 3 is 2.79 bits per heavy atom. The molecule has 2 aromatic heterocycles. The molecule has 0 saturated heterocycles. The Bertz CT molecular complexity index is 1030. The van der Waals surface area contributed by atoms with Crippen molar-refractivity contribution >= 4 is 17.5 Å². The van der Waals surface area contributed by atoms with Crippen LogP contribution in [0.4, 0.5) is 16.3 Å². The number of nitriles is 1. The van der Waals surface area contributed by atoms with Crippen molar-refractivity contribution in [1.82, 2.24) is 30.5 Å². The van der Waals surface area contributed by atoms with Crippen LogP contribution in [-0.4, -0.2) is 44.3 Å². The number of rotatable bonds is 7. The fourth-order valence-electron chi connectivity index (χ4n) is 2.82. The van der Waals surface area contributed by atoms with Crippen LogP contribution in [0.15, 0.2) is 42.6 Å². The van der Waals surface area contributed by atoms with Gasteiger partial charge in [0.2, 0.25) is 0 Å². The van der Waals surface area contributed by atoms with Crippen LogP contribution in [0, 0.1) is 11.3 Å². The third-order valence-corrected chi connectivity index (χ3v) is 4.42. The van der Waals surface area contributed by atoms with Gasteiger partial charge < -0.3 is 16.0 Å². The van der Waals surface area contributed by atoms with Crippen LogP contribution in [0.25, 0.3) is 11.4 Å². The van der Waals surface area contributed by atoms with Crippen molar-refractivity contribution in [3.8, 4) is 17.5 Å². The average Bonchev–Trinajstić information content (AvgIpc) is 3.48.